The summed E-state index contributed by atoms with van der Waals surface area (Å²) in [5, 5.41) is 9.73. The molecule has 0 saturated heterocycles. The Morgan fingerprint density at radius 1 is 1.20 bits per heavy atom. The molecule has 1 unspecified atom stereocenters. The van der Waals surface area contributed by atoms with E-state index in [4.69, 9.17) is 14.3 Å². The zero-order valence-electron chi connectivity index (χ0n) is 14.0. The maximum absolute atomic E-state index is 12.4. The van der Waals surface area contributed by atoms with Crippen molar-refractivity contribution in [2.45, 2.75) is 26.4 Å². The van der Waals surface area contributed by atoms with Crippen molar-refractivity contribution in [2.24, 2.45) is 0 Å². The quantitative estimate of drug-likeness (QED) is 0.720. The maximum atomic E-state index is 12.4. The second-order valence-corrected chi connectivity index (χ2v) is 5.91. The molecule has 0 aliphatic rings. The molecular formula is C20H18O5. The van der Waals surface area contributed by atoms with Crippen molar-refractivity contribution in [1.29, 1.82) is 0 Å². The summed E-state index contributed by atoms with van der Waals surface area (Å²) in [5.74, 6) is -0.711. The Morgan fingerprint density at radius 2 is 1.92 bits per heavy atom. The number of aliphatic carboxylic acids is 1. The number of carboxylic acids is 1. The number of carbonyl (C=O) groups is 1. The van der Waals surface area contributed by atoms with Crippen LogP contribution in [-0.2, 0) is 11.2 Å². The molecule has 2 aromatic carbocycles. The third-order valence-electron chi connectivity index (χ3n) is 4.14. The molecule has 0 spiro atoms. The molecule has 25 heavy (non-hydrogen) atoms. The lowest BCUT2D eigenvalue weighted by atomic mass is 10.00. The van der Waals surface area contributed by atoms with Gasteiger partial charge >= 0.3 is 11.6 Å². The number of benzene rings is 2. The van der Waals surface area contributed by atoms with E-state index in [2.05, 4.69) is 0 Å². The summed E-state index contributed by atoms with van der Waals surface area (Å²) in [7, 11) is 0. The van der Waals surface area contributed by atoms with Crippen LogP contribution in [-0.4, -0.2) is 17.2 Å². The van der Waals surface area contributed by atoms with Crippen LogP contribution in [0.2, 0.25) is 0 Å². The van der Waals surface area contributed by atoms with E-state index >= 15 is 0 Å². The fraction of sp³-hybridized carbons (Fsp3) is 0.200. The molecule has 1 aromatic heterocycles. The lowest BCUT2D eigenvalue weighted by Crippen LogP contribution is -2.22. The molecule has 5 nitrogen and oxygen atoms in total. The van der Waals surface area contributed by atoms with E-state index in [1.165, 1.54) is 6.92 Å². The topological polar surface area (TPSA) is 76.7 Å². The fourth-order valence-corrected chi connectivity index (χ4v) is 2.71. The highest BCUT2D eigenvalue weighted by Crippen LogP contribution is 2.25. The third kappa shape index (κ3) is 3.55. The summed E-state index contributed by atoms with van der Waals surface area (Å²) in [6.45, 7) is 3.33. The molecule has 1 atom stereocenters. The van der Waals surface area contributed by atoms with Crippen LogP contribution in [0.5, 0.6) is 5.75 Å². The summed E-state index contributed by atoms with van der Waals surface area (Å²) in [6.07, 6.45) is -0.484. The second kappa shape index (κ2) is 6.81. The first-order chi connectivity index (χ1) is 12.0. The van der Waals surface area contributed by atoms with E-state index in [9.17, 15) is 9.59 Å². The summed E-state index contributed by atoms with van der Waals surface area (Å²) in [5.41, 5.74) is 2.50. The van der Waals surface area contributed by atoms with Crippen molar-refractivity contribution in [3.63, 3.8) is 0 Å². The van der Waals surface area contributed by atoms with Gasteiger partial charge in [0.05, 0.1) is 0 Å². The van der Waals surface area contributed by atoms with Gasteiger partial charge in [0.15, 0.2) is 6.10 Å². The van der Waals surface area contributed by atoms with Crippen molar-refractivity contribution >= 4 is 16.9 Å². The van der Waals surface area contributed by atoms with Gasteiger partial charge in [-0.25, -0.2) is 9.59 Å². The molecule has 5 heteroatoms. The Morgan fingerprint density at radius 3 is 2.60 bits per heavy atom. The van der Waals surface area contributed by atoms with Crippen molar-refractivity contribution in [3.8, 4) is 5.75 Å². The first kappa shape index (κ1) is 16.8. The van der Waals surface area contributed by atoms with Gasteiger partial charge in [-0.1, -0.05) is 30.3 Å². The van der Waals surface area contributed by atoms with Gasteiger partial charge in [0, 0.05) is 23.4 Å². The maximum Gasteiger partial charge on any atom is 0.344 e. The zero-order valence-corrected chi connectivity index (χ0v) is 14.0. The lowest BCUT2D eigenvalue weighted by molar-refractivity contribution is -0.144. The summed E-state index contributed by atoms with van der Waals surface area (Å²) in [6, 6.07) is 14.7. The van der Waals surface area contributed by atoms with Crippen LogP contribution in [0.1, 0.15) is 23.6 Å². The van der Waals surface area contributed by atoms with Crippen molar-refractivity contribution in [1.82, 2.24) is 0 Å². The molecule has 3 rings (SSSR count). The molecule has 3 aromatic rings. The summed E-state index contributed by atoms with van der Waals surface area (Å²) >= 11 is 0. The Kier molecular flexibility index (Phi) is 4.57. The van der Waals surface area contributed by atoms with E-state index in [0.717, 1.165) is 16.5 Å². The van der Waals surface area contributed by atoms with Gasteiger partial charge in [0.25, 0.3) is 0 Å². The first-order valence-corrected chi connectivity index (χ1v) is 7.95. The molecule has 0 radical (unpaired) electrons. The monoisotopic (exact) mass is 338 g/mol. The molecule has 0 saturated carbocycles. The number of carboxylic acid groups (broad SMARTS) is 1. The molecule has 1 N–H and O–H groups in total. The lowest BCUT2D eigenvalue weighted by Gasteiger charge is -2.12. The largest absolute Gasteiger partial charge is 0.479 e. The number of rotatable bonds is 5. The Hall–Kier alpha value is -3.08. The van der Waals surface area contributed by atoms with Gasteiger partial charge in [0.1, 0.15) is 11.3 Å². The Bertz CT molecular complexity index is 973. The molecule has 0 fully saturated rings. The number of aryl methyl sites for hydroxylation is 1. The zero-order chi connectivity index (χ0) is 18.0. The van der Waals surface area contributed by atoms with Gasteiger partial charge in [0.2, 0.25) is 0 Å². The highest BCUT2D eigenvalue weighted by molar-refractivity contribution is 5.82. The van der Waals surface area contributed by atoms with Crippen molar-refractivity contribution in [3.05, 3.63) is 75.6 Å². The highest BCUT2D eigenvalue weighted by Gasteiger charge is 2.15. The van der Waals surface area contributed by atoms with Crippen LogP contribution in [0.4, 0.5) is 0 Å². The van der Waals surface area contributed by atoms with Crippen LogP contribution in [0.25, 0.3) is 11.0 Å². The van der Waals surface area contributed by atoms with E-state index in [1.54, 1.807) is 18.2 Å². The van der Waals surface area contributed by atoms with Gasteiger partial charge < -0.3 is 14.3 Å². The van der Waals surface area contributed by atoms with Gasteiger partial charge in [-0.05, 0) is 37.1 Å². The van der Waals surface area contributed by atoms with Gasteiger partial charge in [-0.15, -0.1) is 0 Å². The van der Waals surface area contributed by atoms with Crippen LogP contribution >= 0.6 is 0 Å². The number of hydrogen-bond donors (Lipinski definition) is 1. The van der Waals surface area contributed by atoms with Crippen molar-refractivity contribution in [2.75, 3.05) is 0 Å². The third-order valence-corrected chi connectivity index (χ3v) is 4.14. The SMILES string of the molecule is Cc1c(Cc2ccccc2)c(=O)oc2cc(OC(C)C(=O)O)ccc12. The van der Waals surface area contributed by atoms with Gasteiger partial charge in [-0.2, -0.15) is 0 Å². The number of fused-ring (bicyclic) bond motifs is 1. The molecule has 0 aliphatic carbocycles. The molecule has 0 bridgehead atoms. The normalized spacial score (nSPS) is 12.1. The minimum absolute atomic E-state index is 0.348. The van der Waals surface area contributed by atoms with Crippen LogP contribution in [0.3, 0.4) is 0 Å². The molecule has 128 valence electrons. The Labute approximate surface area is 144 Å². The minimum atomic E-state index is -1.06. The van der Waals surface area contributed by atoms with Crippen LogP contribution < -0.4 is 10.4 Å². The molecule has 1 heterocycles. The van der Waals surface area contributed by atoms with E-state index in [-0.39, 0.29) is 0 Å². The minimum Gasteiger partial charge on any atom is -0.479 e. The predicted molar refractivity (Wildman–Crippen MR) is 94.2 cm³/mol. The smallest absolute Gasteiger partial charge is 0.344 e. The molecule has 0 amide bonds. The first-order valence-electron chi connectivity index (χ1n) is 7.95. The standard InChI is InChI=1S/C20H18O5/c1-12-16-9-8-15(24-13(2)19(21)22)11-18(16)25-20(23)17(12)10-14-6-4-3-5-7-14/h3-9,11,13H,10H2,1-2H3,(H,21,22). The van der Waals surface area contributed by atoms with Crippen LogP contribution in [0.15, 0.2) is 57.7 Å². The van der Waals surface area contributed by atoms with E-state index in [0.29, 0.717) is 23.3 Å². The highest BCUT2D eigenvalue weighted by atomic mass is 16.5. The second-order valence-electron chi connectivity index (χ2n) is 5.91. The summed E-state index contributed by atoms with van der Waals surface area (Å²) < 4.78 is 10.8. The average Bonchev–Trinajstić information content (AvgIpc) is 2.59. The van der Waals surface area contributed by atoms with E-state index in [1.807, 2.05) is 37.3 Å². The Balaban J connectivity index is 2.00. The van der Waals surface area contributed by atoms with Crippen LogP contribution in [0, 0.1) is 6.92 Å². The fourth-order valence-electron chi connectivity index (χ4n) is 2.71. The number of ether oxygens (including phenoxy) is 1. The van der Waals surface area contributed by atoms with Gasteiger partial charge in [-0.3, -0.25) is 0 Å². The van der Waals surface area contributed by atoms with Crippen molar-refractivity contribution < 1.29 is 19.1 Å². The molecule has 0 aliphatic heterocycles. The summed E-state index contributed by atoms with van der Waals surface area (Å²) in [4.78, 5) is 23.3. The number of hydrogen-bond acceptors (Lipinski definition) is 4. The predicted octanol–water partition coefficient (Wildman–Crippen LogP) is 3.54. The average molecular weight is 338 g/mol. The van der Waals surface area contributed by atoms with E-state index < -0.39 is 17.7 Å². The molecular weight excluding hydrogens is 320 g/mol.